The average Bonchev–Trinajstić information content (AvgIpc) is 2.69. The summed E-state index contributed by atoms with van der Waals surface area (Å²) in [4.78, 5) is 0. The first-order valence-electron chi connectivity index (χ1n) is 8.49. The first kappa shape index (κ1) is 16.0. The van der Waals surface area contributed by atoms with E-state index in [1.807, 2.05) is 42.5 Å². The van der Waals surface area contributed by atoms with E-state index in [1.54, 1.807) is 12.1 Å². The van der Waals surface area contributed by atoms with Crippen molar-refractivity contribution in [3.63, 3.8) is 0 Å². The van der Waals surface area contributed by atoms with Crippen molar-refractivity contribution in [1.29, 1.82) is 0 Å². The highest BCUT2D eigenvalue weighted by molar-refractivity contribution is 5.86. The van der Waals surface area contributed by atoms with Crippen LogP contribution in [0.2, 0.25) is 0 Å². The van der Waals surface area contributed by atoms with E-state index in [1.165, 1.54) is 17.2 Å². The van der Waals surface area contributed by atoms with Gasteiger partial charge < -0.3 is 10.2 Å². The van der Waals surface area contributed by atoms with Crippen molar-refractivity contribution in [2.45, 2.75) is 0 Å². The van der Waals surface area contributed by atoms with E-state index in [-0.39, 0.29) is 11.5 Å². The lowest BCUT2D eigenvalue weighted by Gasteiger charge is -2.12. The predicted molar refractivity (Wildman–Crippen MR) is 106 cm³/mol. The number of rotatable bonds is 3. The van der Waals surface area contributed by atoms with Crippen LogP contribution in [0.1, 0.15) is 0 Å². The molecule has 0 aromatic heterocycles. The molecule has 0 saturated heterocycles. The monoisotopic (exact) mass is 338 g/mol. The standard InChI is InChI=1S/C24H18O2/c25-20-14-15-23(24(26)16-20)22-9-5-4-8-21(22)19-12-10-18(11-13-19)17-6-2-1-3-7-17/h1-16,25-26H. The first-order chi connectivity index (χ1) is 12.7. The number of benzene rings is 4. The van der Waals surface area contributed by atoms with Gasteiger partial charge in [-0.05, 0) is 39.9 Å². The molecule has 4 aromatic rings. The minimum absolute atomic E-state index is 0.0518. The molecule has 0 saturated carbocycles. The van der Waals surface area contributed by atoms with E-state index in [9.17, 15) is 10.2 Å². The first-order valence-corrected chi connectivity index (χ1v) is 8.49. The number of phenols is 2. The van der Waals surface area contributed by atoms with Gasteiger partial charge in [0, 0.05) is 11.6 Å². The summed E-state index contributed by atoms with van der Waals surface area (Å²) in [5, 5.41) is 19.8. The normalized spacial score (nSPS) is 10.6. The quantitative estimate of drug-likeness (QED) is 0.474. The Hall–Kier alpha value is -3.52. The fraction of sp³-hybridized carbons (Fsp3) is 0. The van der Waals surface area contributed by atoms with Crippen LogP contribution in [-0.4, -0.2) is 10.2 Å². The average molecular weight is 338 g/mol. The summed E-state index contributed by atoms with van der Waals surface area (Å²) in [6.07, 6.45) is 0. The molecular formula is C24H18O2. The number of phenolic OH excluding ortho intramolecular Hbond substituents is 2. The lowest BCUT2D eigenvalue weighted by molar-refractivity contribution is 0.452. The Morgan fingerprint density at radius 2 is 1.00 bits per heavy atom. The Morgan fingerprint density at radius 3 is 1.69 bits per heavy atom. The van der Waals surface area contributed by atoms with Gasteiger partial charge >= 0.3 is 0 Å². The molecule has 2 heteroatoms. The molecule has 0 atom stereocenters. The van der Waals surface area contributed by atoms with Gasteiger partial charge in [0.15, 0.2) is 0 Å². The van der Waals surface area contributed by atoms with Gasteiger partial charge in [0.1, 0.15) is 11.5 Å². The summed E-state index contributed by atoms with van der Waals surface area (Å²) in [6.45, 7) is 0. The van der Waals surface area contributed by atoms with Crippen molar-refractivity contribution in [2.24, 2.45) is 0 Å². The molecule has 2 nitrogen and oxygen atoms in total. The van der Waals surface area contributed by atoms with Crippen molar-refractivity contribution >= 4 is 0 Å². The van der Waals surface area contributed by atoms with Gasteiger partial charge in [0.05, 0.1) is 0 Å². The molecule has 0 aliphatic heterocycles. The maximum absolute atomic E-state index is 10.2. The summed E-state index contributed by atoms with van der Waals surface area (Å²) in [5.41, 5.74) is 6.09. The molecule has 2 N–H and O–H groups in total. The molecule has 126 valence electrons. The van der Waals surface area contributed by atoms with Gasteiger partial charge in [0.25, 0.3) is 0 Å². The second-order valence-corrected chi connectivity index (χ2v) is 6.19. The van der Waals surface area contributed by atoms with Crippen LogP contribution in [-0.2, 0) is 0 Å². The summed E-state index contributed by atoms with van der Waals surface area (Å²) >= 11 is 0. The van der Waals surface area contributed by atoms with E-state index < -0.39 is 0 Å². The number of aromatic hydroxyl groups is 2. The minimum Gasteiger partial charge on any atom is -0.508 e. The molecule has 4 rings (SSSR count). The summed E-state index contributed by atoms with van der Waals surface area (Å²) in [7, 11) is 0. The predicted octanol–water partition coefficient (Wildman–Crippen LogP) is 6.10. The topological polar surface area (TPSA) is 40.5 Å². The van der Waals surface area contributed by atoms with Crippen molar-refractivity contribution in [1.82, 2.24) is 0 Å². The van der Waals surface area contributed by atoms with Gasteiger partial charge in [-0.25, -0.2) is 0 Å². The second-order valence-electron chi connectivity index (χ2n) is 6.19. The molecule has 26 heavy (non-hydrogen) atoms. The Morgan fingerprint density at radius 1 is 0.423 bits per heavy atom. The maximum Gasteiger partial charge on any atom is 0.127 e. The van der Waals surface area contributed by atoms with Gasteiger partial charge in [-0.2, -0.15) is 0 Å². The van der Waals surface area contributed by atoms with Gasteiger partial charge in [-0.15, -0.1) is 0 Å². The summed E-state index contributed by atoms with van der Waals surface area (Å²) in [6, 6.07) is 31.3. The third kappa shape index (κ3) is 3.05. The highest BCUT2D eigenvalue weighted by atomic mass is 16.3. The molecule has 0 bridgehead atoms. The van der Waals surface area contributed by atoms with Crippen LogP contribution >= 0.6 is 0 Å². The lowest BCUT2D eigenvalue weighted by atomic mass is 9.93. The van der Waals surface area contributed by atoms with Crippen molar-refractivity contribution in [2.75, 3.05) is 0 Å². The zero-order chi connectivity index (χ0) is 17.9. The largest absolute Gasteiger partial charge is 0.508 e. The number of hydrogen-bond acceptors (Lipinski definition) is 2. The molecule has 0 radical (unpaired) electrons. The molecule has 0 aliphatic rings. The van der Waals surface area contributed by atoms with E-state index in [4.69, 9.17) is 0 Å². The third-order valence-corrected chi connectivity index (χ3v) is 4.50. The molecule has 0 heterocycles. The molecule has 0 fully saturated rings. The maximum atomic E-state index is 10.2. The van der Waals surface area contributed by atoms with Crippen molar-refractivity contribution in [3.8, 4) is 44.9 Å². The van der Waals surface area contributed by atoms with Crippen LogP contribution < -0.4 is 0 Å². The molecule has 4 aromatic carbocycles. The lowest BCUT2D eigenvalue weighted by Crippen LogP contribution is -1.86. The zero-order valence-electron chi connectivity index (χ0n) is 14.1. The highest BCUT2D eigenvalue weighted by Crippen LogP contribution is 2.38. The van der Waals surface area contributed by atoms with Gasteiger partial charge in [0.2, 0.25) is 0 Å². The third-order valence-electron chi connectivity index (χ3n) is 4.50. The van der Waals surface area contributed by atoms with E-state index in [0.717, 1.165) is 16.7 Å². The van der Waals surface area contributed by atoms with Gasteiger partial charge in [-0.1, -0.05) is 78.9 Å². The molecule has 0 unspecified atom stereocenters. The molecule has 0 aliphatic carbocycles. The Bertz CT molecular complexity index is 1040. The van der Waals surface area contributed by atoms with Crippen LogP contribution in [0.3, 0.4) is 0 Å². The fourth-order valence-electron chi connectivity index (χ4n) is 3.19. The van der Waals surface area contributed by atoms with E-state index >= 15 is 0 Å². The Kier molecular flexibility index (Phi) is 4.16. The van der Waals surface area contributed by atoms with Crippen molar-refractivity contribution < 1.29 is 10.2 Å². The zero-order valence-corrected chi connectivity index (χ0v) is 14.1. The van der Waals surface area contributed by atoms with Crippen LogP contribution in [0.15, 0.2) is 97.1 Å². The van der Waals surface area contributed by atoms with Crippen molar-refractivity contribution in [3.05, 3.63) is 97.1 Å². The van der Waals surface area contributed by atoms with E-state index in [2.05, 4.69) is 36.4 Å². The Labute approximate surface area is 152 Å². The molecular weight excluding hydrogens is 320 g/mol. The summed E-state index contributed by atoms with van der Waals surface area (Å²) < 4.78 is 0. The smallest absolute Gasteiger partial charge is 0.127 e. The van der Waals surface area contributed by atoms with Gasteiger partial charge in [-0.3, -0.25) is 0 Å². The molecule has 0 amide bonds. The fourth-order valence-corrected chi connectivity index (χ4v) is 3.19. The SMILES string of the molecule is Oc1ccc(-c2ccccc2-c2ccc(-c3ccccc3)cc2)c(O)c1. The van der Waals surface area contributed by atoms with Crippen LogP contribution in [0, 0.1) is 0 Å². The summed E-state index contributed by atoms with van der Waals surface area (Å²) in [5.74, 6) is 0.120. The highest BCUT2D eigenvalue weighted by Gasteiger charge is 2.11. The second kappa shape index (κ2) is 6.77. The number of hydrogen-bond donors (Lipinski definition) is 2. The minimum atomic E-state index is 0.0518. The van der Waals surface area contributed by atoms with E-state index in [0.29, 0.717) is 5.56 Å². The van der Waals surface area contributed by atoms with Crippen LogP contribution in [0.5, 0.6) is 11.5 Å². The Balaban J connectivity index is 1.77. The van der Waals surface area contributed by atoms with Crippen LogP contribution in [0.25, 0.3) is 33.4 Å². The van der Waals surface area contributed by atoms with Crippen LogP contribution in [0.4, 0.5) is 0 Å². The molecule has 0 spiro atoms.